The zero-order valence-electron chi connectivity index (χ0n) is 15.8. The van der Waals surface area contributed by atoms with Crippen molar-refractivity contribution in [1.29, 1.82) is 0 Å². The predicted octanol–water partition coefficient (Wildman–Crippen LogP) is 5.00. The summed E-state index contributed by atoms with van der Waals surface area (Å²) in [6.45, 7) is 2.96. The number of unbranched alkanes of at least 4 members (excludes halogenated alkanes) is 1. The molecule has 3 aromatic rings. The van der Waals surface area contributed by atoms with Crippen molar-refractivity contribution in [3.63, 3.8) is 0 Å². The third-order valence-corrected chi connectivity index (χ3v) is 4.97. The van der Waals surface area contributed by atoms with E-state index in [9.17, 15) is 9.59 Å². The highest BCUT2D eigenvalue weighted by molar-refractivity contribution is 6.31. The maximum atomic E-state index is 13.2. The van der Waals surface area contributed by atoms with E-state index in [0.29, 0.717) is 18.1 Å². The van der Waals surface area contributed by atoms with Crippen LogP contribution in [0, 0.1) is 0 Å². The number of carbonyl (C=O) groups excluding carboxylic acids is 1. The first-order valence-electron chi connectivity index (χ1n) is 9.41. The standard InChI is InChI=1S/C23H23ClN2O2/c1-2-3-16-26(19-11-5-4-6-12-19)23(28)20-13-9-15-25(22(20)27)17-18-10-7-8-14-21(18)24/h4-15H,2-3,16-17H2,1H3. The Bertz CT molecular complexity index is 999. The topological polar surface area (TPSA) is 42.3 Å². The number of nitrogens with zero attached hydrogens (tertiary/aromatic N) is 2. The van der Waals surface area contributed by atoms with Gasteiger partial charge in [-0.25, -0.2) is 0 Å². The van der Waals surface area contributed by atoms with Crippen molar-refractivity contribution in [3.8, 4) is 0 Å². The number of hydrogen-bond donors (Lipinski definition) is 0. The van der Waals surface area contributed by atoms with Gasteiger partial charge in [-0.1, -0.05) is 61.3 Å². The summed E-state index contributed by atoms with van der Waals surface area (Å²) < 4.78 is 1.53. The van der Waals surface area contributed by atoms with E-state index in [1.165, 1.54) is 4.57 Å². The molecule has 0 unspecified atom stereocenters. The van der Waals surface area contributed by atoms with Crippen molar-refractivity contribution in [2.24, 2.45) is 0 Å². The fourth-order valence-electron chi connectivity index (χ4n) is 3.05. The molecule has 0 N–H and O–H groups in total. The van der Waals surface area contributed by atoms with Crippen LogP contribution in [0.5, 0.6) is 0 Å². The van der Waals surface area contributed by atoms with Crippen molar-refractivity contribution in [2.75, 3.05) is 11.4 Å². The highest BCUT2D eigenvalue weighted by Gasteiger charge is 2.21. The lowest BCUT2D eigenvalue weighted by Crippen LogP contribution is -2.37. The number of carbonyl (C=O) groups is 1. The Morgan fingerprint density at radius 3 is 2.43 bits per heavy atom. The quantitative estimate of drug-likeness (QED) is 0.566. The van der Waals surface area contributed by atoms with Crippen LogP contribution in [0.15, 0.2) is 77.7 Å². The molecule has 1 heterocycles. The molecule has 1 amide bonds. The van der Waals surface area contributed by atoms with Gasteiger partial charge in [-0.2, -0.15) is 0 Å². The molecule has 0 aliphatic carbocycles. The molecule has 4 nitrogen and oxygen atoms in total. The van der Waals surface area contributed by atoms with Gasteiger partial charge in [0.2, 0.25) is 0 Å². The molecule has 0 aliphatic rings. The Morgan fingerprint density at radius 1 is 1.00 bits per heavy atom. The Labute approximate surface area is 170 Å². The van der Waals surface area contributed by atoms with Crippen LogP contribution in [0.4, 0.5) is 5.69 Å². The molecule has 0 radical (unpaired) electrons. The molecule has 3 rings (SSSR count). The normalized spacial score (nSPS) is 10.6. The van der Waals surface area contributed by atoms with Crippen molar-refractivity contribution in [3.05, 3.63) is 99.4 Å². The van der Waals surface area contributed by atoms with Gasteiger partial charge in [0.05, 0.1) is 6.54 Å². The highest BCUT2D eigenvalue weighted by atomic mass is 35.5. The lowest BCUT2D eigenvalue weighted by atomic mass is 10.1. The van der Waals surface area contributed by atoms with Gasteiger partial charge < -0.3 is 9.47 Å². The summed E-state index contributed by atoms with van der Waals surface area (Å²) in [6.07, 6.45) is 3.50. The average molecular weight is 395 g/mol. The minimum atomic E-state index is -0.315. The zero-order valence-corrected chi connectivity index (χ0v) is 16.6. The van der Waals surface area contributed by atoms with E-state index in [2.05, 4.69) is 6.92 Å². The summed E-state index contributed by atoms with van der Waals surface area (Å²) in [6, 6.07) is 20.2. The molecule has 0 bridgehead atoms. The lowest BCUT2D eigenvalue weighted by molar-refractivity contribution is 0.0984. The van der Waals surface area contributed by atoms with Gasteiger partial charge >= 0.3 is 0 Å². The fraction of sp³-hybridized carbons (Fsp3) is 0.217. The molecule has 0 fully saturated rings. The molecule has 0 saturated heterocycles. The Morgan fingerprint density at radius 2 is 1.71 bits per heavy atom. The first-order valence-corrected chi connectivity index (χ1v) is 9.79. The van der Waals surface area contributed by atoms with E-state index in [-0.39, 0.29) is 17.0 Å². The summed E-state index contributed by atoms with van der Waals surface area (Å²) in [4.78, 5) is 27.9. The third kappa shape index (κ3) is 4.52. The van der Waals surface area contributed by atoms with Gasteiger partial charge in [0.1, 0.15) is 5.56 Å². The van der Waals surface area contributed by atoms with Crippen LogP contribution in [0.1, 0.15) is 35.7 Å². The van der Waals surface area contributed by atoms with Crippen molar-refractivity contribution >= 4 is 23.2 Å². The van der Waals surface area contributed by atoms with E-state index in [1.54, 1.807) is 29.3 Å². The first kappa shape index (κ1) is 19.9. The molecular formula is C23H23ClN2O2. The molecule has 0 aliphatic heterocycles. The summed E-state index contributed by atoms with van der Waals surface area (Å²) in [5.74, 6) is -0.279. The number of aromatic nitrogens is 1. The number of hydrogen-bond acceptors (Lipinski definition) is 2. The minimum Gasteiger partial charge on any atom is -0.310 e. The maximum Gasteiger partial charge on any atom is 0.263 e. The van der Waals surface area contributed by atoms with Crippen molar-refractivity contribution < 1.29 is 4.79 Å². The second-order valence-electron chi connectivity index (χ2n) is 6.59. The number of benzene rings is 2. The molecular weight excluding hydrogens is 372 g/mol. The van der Waals surface area contributed by atoms with Crippen LogP contribution in [-0.2, 0) is 6.54 Å². The molecule has 0 atom stereocenters. The second kappa shape index (κ2) is 9.38. The third-order valence-electron chi connectivity index (χ3n) is 4.60. The van der Waals surface area contributed by atoms with Crippen LogP contribution in [0.3, 0.4) is 0 Å². The van der Waals surface area contributed by atoms with Crippen LogP contribution >= 0.6 is 11.6 Å². The SMILES string of the molecule is CCCCN(C(=O)c1cccn(Cc2ccccc2Cl)c1=O)c1ccccc1. The molecule has 1 aromatic heterocycles. The molecule has 0 spiro atoms. The number of para-hydroxylation sites is 1. The first-order chi connectivity index (χ1) is 13.6. The zero-order chi connectivity index (χ0) is 19.9. The number of amides is 1. The smallest absolute Gasteiger partial charge is 0.263 e. The van der Waals surface area contributed by atoms with E-state index in [1.807, 2.05) is 48.5 Å². The predicted molar refractivity (Wildman–Crippen MR) is 114 cm³/mol. The maximum absolute atomic E-state index is 13.2. The van der Waals surface area contributed by atoms with Gasteiger partial charge in [0.15, 0.2) is 0 Å². The largest absolute Gasteiger partial charge is 0.310 e. The van der Waals surface area contributed by atoms with Gasteiger partial charge in [0, 0.05) is 23.5 Å². The summed E-state index contributed by atoms with van der Waals surface area (Å²) in [5.41, 5.74) is 1.47. The van der Waals surface area contributed by atoms with E-state index in [4.69, 9.17) is 11.6 Å². The van der Waals surface area contributed by atoms with Crippen molar-refractivity contribution in [1.82, 2.24) is 4.57 Å². The van der Waals surface area contributed by atoms with Crippen LogP contribution < -0.4 is 10.5 Å². The van der Waals surface area contributed by atoms with Gasteiger partial charge in [0.25, 0.3) is 11.5 Å². The number of rotatable bonds is 7. The van der Waals surface area contributed by atoms with Gasteiger partial charge in [-0.3, -0.25) is 9.59 Å². The Hall–Kier alpha value is -2.85. The van der Waals surface area contributed by atoms with Crippen LogP contribution in [0.25, 0.3) is 0 Å². The monoisotopic (exact) mass is 394 g/mol. The minimum absolute atomic E-state index is 0.162. The second-order valence-corrected chi connectivity index (χ2v) is 7.00. The lowest BCUT2D eigenvalue weighted by Gasteiger charge is -2.23. The van der Waals surface area contributed by atoms with Gasteiger partial charge in [-0.05, 0) is 42.3 Å². The van der Waals surface area contributed by atoms with E-state index >= 15 is 0 Å². The molecule has 0 saturated carbocycles. The summed E-state index contributed by atoms with van der Waals surface area (Å²) in [7, 11) is 0. The Kier molecular flexibility index (Phi) is 6.66. The molecule has 28 heavy (non-hydrogen) atoms. The van der Waals surface area contributed by atoms with Crippen LogP contribution in [0.2, 0.25) is 5.02 Å². The van der Waals surface area contributed by atoms with Gasteiger partial charge in [-0.15, -0.1) is 0 Å². The summed E-state index contributed by atoms with van der Waals surface area (Å²) >= 11 is 6.23. The fourth-order valence-corrected chi connectivity index (χ4v) is 3.25. The number of anilines is 1. The molecule has 2 aromatic carbocycles. The highest BCUT2D eigenvalue weighted by Crippen LogP contribution is 2.18. The number of halogens is 1. The molecule has 5 heteroatoms. The molecule has 144 valence electrons. The van der Waals surface area contributed by atoms with Crippen molar-refractivity contribution in [2.45, 2.75) is 26.3 Å². The van der Waals surface area contributed by atoms with E-state index in [0.717, 1.165) is 24.1 Å². The Balaban J connectivity index is 1.94. The summed E-state index contributed by atoms with van der Waals surface area (Å²) in [5, 5.41) is 0.597. The van der Waals surface area contributed by atoms with Crippen LogP contribution in [-0.4, -0.2) is 17.0 Å². The average Bonchev–Trinajstić information content (AvgIpc) is 2.72. The number of pyridine rings is 1. The van der Waals surface area contributed by atoms with E-state index < -0.39 is 0 Å².